The Balaban J connectivity index is 1.56. The number of nitrogens with zero attached hydrogens (tertiary/aromatic N) is 3. The average Bonchev–Trinajstić information content (AvgIpc) is 2.70. The van der Waals surface area contributed by atoms with Crippen LogP contribution in [0.4, 0.5) is 5.95 Å². The number of rotatable bonds is 4. The number of aromatic amines is 1. The molecule has 3 aromatic rings. The molecule has 0 aliphatic carbocycles. The summed E-state index contributed by atoms with van der Waals surface area (Å²) in [5.74, 6) is 0.660. The van der Waals surface area contributed by atoms with Crippen molar-refractivity contribution in [2.75, 3.05) is 31.1 Å². The number of nitrogens with one attached hydrogen (secondary N) is 1. The highest BCUT2D eigenvalue weighted by Crippen LogP contribution is 2.29. The first-order chi connectivity index (χ1) is 12.8. The molecule has 2 aromatic carbocycles. The van der Waals surface area contributed by atoms with Gasteiger partial charge < -0.3 is 4.90 Å². The summed E-state index contributed by atoms with van der Waals surface area (Å²) in [4.78, 5) is 23.3. The zero-order chi connectivity index (χ0) is 17.8. The van der Waals surface area contributed by atoms with Crippen LogP contribution in [0.25, 0.3) is 0 Å². The van der Waals surface area contributed by atoms with Crippen molar-refractivity contribution in [1.82, 2.24) is 14.9 Å². The van der Waals surface area contributed by atoms with Gasteiger partial charge in [-0.05, 0) is 11.1 Å². The predicted octanol–water partition coefficient (Wildman–Crippen LogP) is 2.68. The monoisotopic (exact) mass is 346 g/mol. The van der Waals surface area contributed by atoms with Gasteiger partial charge in [-0.15, -0.1) is 0 Å². The molecule has 0 atom stereocenters. The average molecular weight is 346 g/mol. The number of aromatic nitrogens is 2. The van der Waals surface area contributed by atoms with E-state index >= 15 is 0 Å². The smallest absolute Gasteiger partial charge is 0.252 e. The Morgan fingerprint density at radius 1 is 0.808 bits per heavy atom. The zero-order valence-electron chi connectivity index (χ0n) is 14.6. The lowest BCUT2D eigenvalue weighted by Gasteiger charge is -2.39. The standard InChI is InChI=1S/C21H22N4O/c26-19-11-12-22-21(23-19)25-15-13-24(14-16-25)20(17-7-3-1-4-8-17)18-9-5-2-6-10-18/h1-12,20H,13-16H2,(H,22,23,26). The van der Waals surface area contributed by atoms with Gasteiger partial charge in [0.2, 0.25) is 5.95 Å². The molecule has 1 aromatic heterocycles. The first-order valence-electron chi connectivity index (χ1n) is 8.95. The number of benzene rings is 2. The van der Waals surface area contributed by atoms with Gasteiger partial charge in [0, 0.05) is 38.4 Å². The van der Waals surface area contributed by atoms with Crippen molar-refractivity contribution in [3.8, 4) is 0 Å². The molecule has 5 heteroatoms. The molecule has 5 nitrogen and oxygen atoms in total. The van der Waals surface area contributed by atoms with E-state index in [9.17, 15) is 4.79 Å². The van der Waals surface area contributed by atoms with Gasteiger partial charge in [-0.1, -0.05) is 60.7 Å². The van der Waals surface area contributed by atoms with E-state index in [4.69, 9.17) is 0 Å². The Morgan fingerprint density at radius 3 is 1.92 bits per heavy atom. The minimum absolute atomic E-state index is 0.108. The summed E-state index contributed by atoms with van der Waals surface area (Å²) in [6.45, 7) is 3.49. The van der Waals surface area contributed by atoms with E-state index in [1.165, 1.54) is 17.2 Å². The van der Waals surface area contributed by atoms with E-state index < -0.39 is 0 Å². The van der Waals surface area contributed by atoms with Gasteiger partial charge in [-0.25, -0.2) is 4.98 Å². The fourth-order valence-electron chi connectivity index (χ4n) is 3.60. The van der Waals surface area contributed by atoms with Crippen LogP contribution in [0.2, 0.25) is 0 Å². The quantitative estimate of drug-likeness (QED) is 0.789. The fraction of sp³-hybridized carbons (Fsp3) is 0.238. The third-order valence-corrected chi connectivity index (χ3v) is 4.87. The summed E-state index contributed by atoms with van der Waals surface area (Å²) in [5, 5.41) is 0. The maximum atomic E-state index is 11.5. The molecule has 132 valence electrons. The van der Waals surface area contributed by atoms with Gasteiger partial charge in [0.15, 0.2) is 0 Å². The summed E-state index contributed by atoms with van der Waals surface area (Å²) in [7, 11) is 0. The molecular weight excluding hydrogens is 324 g/mol. The minimum atomic E-state index is -0.108. The van der Waals surface area contributed by atoms with Crippen molar-refractivity contribution in [3.63, 3.8) is 0 Å². The number of hydrogen-bond acceptors (Lipinski definition) is 4. The van der Waals surface area contributed by atoms with Crippen LogP contribution in [0.1, 0.15) is 17.2 Å². The van der Waals surface area contributed by atoms with Gasteiger partial charge in [0.05, 0.1) is 6.04 Å². The third-order valence-electron chi connectivity index (χ3n) is 4.87. The van der Waals surface area contributed by atoms with Crippen LogP contribution in [0, 0.1) is 0 Å². The maximum Gasteiger partial charge on any atom is 0.252 e. The Labute approximate surface area is 152 Å². The number of piperazine rings is 1. The highest BCUT2D eigenvalue weighted by molar-refractivity contribution is 5.34. The summed E-state index contributed by atoms with van der Waals surface area (Å²) in [5.41, 5.74) is 2.50. The molecule has 26 heavy (non-hydrogen) atoms. The van der Waals surface area contributed by atoms with Crippen LogP contribution >= 0.6 is 0 Å². The second-order valence-electron chi connectivity index (χ2n) is 6.50. The van der Waals surface area contributed by atoms with Gasteiger partial charge >= 0.3 is 0 Å². The largest absolute Gasteiger partial charge is 0.340 e. The lowest BCUT2D eigenvalue weighted by Crippen LogP contribution is -2.48. The second-order valence-corrected chi connectivity index (χ2v) is 6.50. The van der Waals surface area contributed by atoms with Crippen LogP contribution in [-0.2, 0) is 0 Å². The van der Waals surface area contributed by atoms with Crippen LogP contribution in [0.15, 0.2) is 77.7 Å². The molecule has 0 amide bonds. The van der Waals surface area contributed by atoms with Crippen LogP contribution in [0.5, 0.6) is 0 Å². The molecular formula is C21H22N4O. The van der Waals surface area contributed by atoms with Gasteiger partial charge in [-0.2, -0.15) is 0 Å². The van der Waals surface area contributed by atoms with Crippen LogP contribution in [0.3, 0.4) is 0 Å². The Kier molecular flexibility index (Phi) is 4.80. The highest BCUT2D eigenvalue weighted by Gasteiger charge is 2.26. The molecule has 1 fully saturated rings. The van der Waals surface area contributed by atoms with Crippen LogP contribution in [-0.4, -0.2) is 41.0 Å². The molecule has 0 unspecified atom stereocenters. The molecule has 0 saturated carbocycles. The van der Waals surface area contributed by atoms with E-state index in [1.807, 2.05) is 0 Å². The summed E-state index contributed by atoms with van der Waals surface area (Å²) in [6.07, 6.45) is 1.57. The van der Waals surface area contributed by atoms with Crippen molar-refractivity contribution in [3.05, 3.63) is 94.4 Å². The van der Waals surface area contributed by atoms with Crippen molar-refractivity contribution in [1.29, 1.82) is 0 Å². The van der Waals surface area contributed by atoms with Crippen molar-refractivity contribution in [2.24, 2.45) is 0 Å². The predicted molar refractivity (Wildman–Crippen MR) is 103 cm³/mol. The Morgan fingerprint density at radius 2 is 1.38 bits per heavy atom. The van der Waals surface area contributed by atoms with E-state index in [2.05, 4.69) is 80.4 Å². The first-order valence-corrected chi connectivity index (χ1v) is 8.95. The van der Waals surface area contributed by atoms with Crippen molar-refractivity contribution >= 4 is 5.95 Å². The maximum absolute atomic E-state index is 11.5. The summed E-state index contributed by atoms with van der Waals surface area (Å²) >= 11 is 0. The van der Waals surface area contributed by atoms with E-state index in [1.54, 1.807) is 6.20 Å². The number of anilines is 1. The van der Waals surface area contributed by atoms with Gasteiger partial charge in [0.25, 0.3) is 5.56 Å². The normalized spacial score (nSPS) is 15.3. The molecule has 0 bridgehead atoms. The zero-order valence-corrected chi connectivity index (χ0v) is 14.6. The van der Waals surface area contributed by atoms with Crippen LogP contribution < -0.4 is 10.5 Å². The lowest BCUT2D eigenvalue weighted by atomic mass is 9.96. The lowest BCUT2D eigenvalue weighted by molar-refractivity contribution is 0.211. The van der Waals surface area contributed by atoms with E-state index in [-0.39, 0.29) is 11.6 Å². The Hall–Kier alpha value is -2.92. The SMILES string of the molecule is O=c1ccnc(N2CCN(C(c3ccccc3)c3ccccc3)CC2)[nH]1. The summed E-state index contributed by atoms with van der Waals surface area (Å²) in [6, 6.07) is 23.0. The first kappa shape index (κ1) is 16.5. The second kappa shape index (κ2) is 7.54. The Bertz CT molecular complexity index is 847. The minimum Gasteiger partial charge on any atom is -0.340 e. The molecule has 0 spiro atoms. The van der Waals surface area contributed by atoms with E-state index in [0.29, 0.717) is 5.95 Å². The van der Waals surface area contributed by atoms with Crippen molar-refractivity contribution < 1.29 is 0 Å². The molecule has 0 radical (unpaired) electrons. The van der Waals surface area contributed by atoms with Crippen molar-refractivity contribution in [2.45, 2.75) is 6.04 Å². The third kappa shape index (κ3) is 3.53. The number of H-pyrrole nitrogens is 1. The topological polar surface area (TPSA) is 52.2 Å². The fourth-order valence-corrected chi connectivity index (χ4v) is 3.60. The summed E-state index contributed by atoms with van der Waals surface area (Å²) < 4.78 is 0. The molecule has 4 rings (SSSR count). The molecule has 1 N–H and O–H groups in total. The molecule has 1 aliphatic heterocycles. The molecule has 1 saturated heterocycles. The van der Waals surface area contributed by atoms with E-state index in [0.717, 1.165) is 26.2 Å². The molecule has 2 heterocycles. The molecule has 1 aliphatic rings. The highest BCUT2D eigenvalue weighted by atomic mass is 16.1. The van der Waals surface area contributed by atoms with Gasteiger partial charge in [-0.3, -0.25) is 14.7 Å². The van der Waals surface area contributed by atoms with Gasteiger partial charge in [0.1, 0.15) is 0 Å². The number of hydrogen-bond donors (Lipinski definition) is 1.